The van der Waals surface area contributed by atoms with Gasteiger partial charge in [0.2, 0.25) is 0 Å². The maximum atomic E-state index is 12.2. The summed E-state index contributed by atoms with van der Waals surface area (Å²) in [6.45, 7) is 2.03. The van der Waals surface area contributed by atoms with Crippen molar-refractivity contribution in [2.75, 3.05) is 5.32 Å². The molecule has 32 heavy (non-hydrogen) atoms. The second-order valence-electron chi connectivity index (χ2n) is 6.67. The van der Waals surface area contributed by atoms with Crippen molar-refractivity contribution < 1.29 is 19.1 Å². The Morgan fingerprint density at radius 1 is 0.969 bits per heavy atom. The van der Waals surface area contributed by atoms with Gasteiger partial charge in [-0.3, -0.25) is 9.59 Å². The molecule has 8 heteroatoms. The fourth-order valence-electron chi connectivity index (χ4n) is 2.63. The average Bonchev–Trinajstić information content (AvgIpc) is 2.80. The lowest BCUT2D eigenvalue weighted by molar-refractivity contribution is -0.136. The van der Waals surface area contributed by atoms with Crippen LogP contribution in [0, 0.1) is 0 Å². The molecule has 3 aromatic carbocycles. The fourth-order valence-corrected chi connectivity index (χ4v) is 3.03. The van der Waals surface area contributed by atoms with Crippen molar-refractivity contribution >= 4 is 45.6 Å². The van der Waals surface area contributed by atoms with Crippen LogP contribution in [-0.4, -0.2) is 24.0 Å². The van der Waals surface area contributed by atoms with Crippen LogP contribution in [0.1, 0.15) is 28.4 Å². The number of rotatable bonds is 6. The number of anilines is 1. The lowest BCUT2D eigenvalue weighted by atomic mass is 10.1. The van der Waals surface area contributed by atoms with Gasteiger partial charge in [-0.05, 0) is 72.1 Å². The minimum atomic E-state index is -0.889. The predicted octanol–water partition coefficient (Wildman–Crippen LogP) is 4.32. The summed E-state index contributed by atoms with van der Waals surface area (Å²) >= 11 is 3.31. The smallest absolute Gasteiger partial charge is 0.343 e. The number of hydrogen-bond donors (Lipinski definition) is 2. The topological polar surface area (TPSA) is 96.9 Å². The van der Waals surface area contributed by atoms with Crippen molar-refractivity contribution in [3.63, 3.8) is 0 Å². The van der Waals surface area contributed by atoms with Crippen LogP contribution in [0.3, 0.4) is 0 Å². The fraction of sp³-hybridized carbons (Fsp3) is 0.0833. The largest absolute Gasteiger partial charge is 0.423 e. The van der Waals surface area contributed by atoms with Crippen LogP contribution >= 0.6 is 15.9 Å². The van der Waals surface area contributed by atoms with Crippen molar-refractivity contribution in [3.05, 3.63) is 94.0 Å². The molecule has 0 aliphatic heterocycles. The zero-order valence-corrected chi connectivity index (χ0v) is 18.8. The van der Waals surface area contributed by atoms with Crippen molar-refractivity contribution in [2.24, 2.45) is 5.10 Å². The quantitative estimate of drug-likeness (QED) is 0.175. The van der Waals surface area contributed by atoms with E-state index in [1.54, 1.807) is 54.6 Å². The Balaban J connectivity index is 1.50. The third-order valence-corrected chi connectivity index (χ3v) is 4.85. The molecule has 0 heterocycles. The molecule has 7 nitrogen and oxygen atoms in total. The van der Waals surface area contributed by atoms with Crippen LogP contribution in [0.15, 0.2) is 82.4 Å². The maximum Gasteiger partial charge on any atom is 0.343 e. The Bertz CT molecular complexity index is 1140. The highest BCUT2D eigenvalue weighted by Crippen LogP contribution is 2.16. The molecule has 0 spiro atoms. The summed E-state index contributed by atoms with van der Waals surface area (Å²) in [4.78, 5) is 36.0. The van der Waals surface area contributed by atoms with Crippen LogP contribution in [0.4, 0.5) is 5.69 Å². The summed E-state index contributed by atoms with van der Waals surface area (Å²) in [7, 11) is 0. The number of carbonyl (C=O) groups is 3. The molecule has 0 fully saturated rings. The summed E-state index contributed by atoms with van der Waals surface area (Å²) in [5.41, 5.74) is 4.90. The summed E-state index contributed by atoms with van der Waals surface area (Å²) in [6, 6.07) is 20.7. The standard InChI is InChI=1S/C24H20BrN3O4/c1-2-16-6-10-20(11-7-16)27-22(29)23(30)28-26-15-17-8-12-21(13-9-17)32-24(31)18-4-3-5-19(25)14-18/h3-15H,2H2,1H3,(H,27,29)(H,28,30)/b26-15+. The highest BCUT2D eigenvalue weighted by atomic mass is 79.9. The van der Waals surface area contributed by atoms with Gasteiger partial charge in [-0.25, -0.2) is 10.2 Å². The first-order chi connectivity index (χ1) is 15.4. The molecular formula is C24H20BrN3O4. The van der Waals surface area contributed by atoms with Crippen LogP contribution < -0.4 is 15.5 Å². The van der Waals surface area contributed by atoms with E-state index in [2.05, 4.69) is 31.8 Å². The van der Waals surface area contributed by atoms with E-state index in [0.29, 0.717) is 22.6 Å². The number of hydrazone groups is 1. The van der Waals surface area contributed by atoms with Crippen LogP contribution in [0.2, 0.25) is 0 Å². The van der Waals surface area contributed by atoms with Gasteiger partial charge < -0.3 is 10.1 Å². The van der Waals surface area contributed by atoms with Gasteiger partial charge in [0, 0.05) is 10.2 Å². The van der Waals surface area contributed by atoms with Gasteiger partial charge in [0.15, 0.2) is 0 Å². The van der Waals surface area contributed by atoms with E-state index in [0.717, 1.165) is 16.5 Å². The van der Waals surface area contributed by atoms with E-state index < -0.39 is 17.8 Å². The summed E-state index contributed by atoms with van der Waals surface area (Å²) in [6.07, 6.45) is 2.26. The van der Waals surface area contributed by atoms with Crippen molar-refractivity contribution in [1.82, 2.24) is 5.43 Å². The molecule has 0 saturated carbocycles. The number of hydrogen-bond acceptors (Lipinski definition) is 5. The molecule has 0 radical (unpaired) electrons. The zero-order chi connectivity index (χ0) is 22.9. The lowest BCUT2D eigenvalue weighted by Crippen LogP contribution is -2.32. The van der Waals surface area contributed by atoms with E-state index >= 15 is 0 Å². The third kappa shape index (κ3) is 6.61. The first-order valence-electron chi connectivity index (χ1n) is 9.75. The minimum Gasteiger partial charge on any atom is -0.423 e. The minimum absolute atomic E-state index is 0.365. The van der Waals surface area contributed by atoms with Crippen LogP contribution in [-0.2, 0) is 16.0 Å². The number of benzene rings is 3. The summed E-state index contributed by atoms with van der Waals surface area (Å²) in [5.74, 6) is -1.82. The van der Waals surface area contributed by atoms with E-state index in [4.69, 9.17) is 4.74 Å². The lowest BCUT2D eigenvalue weighted by Gasteiger charge is -2.05. The molecule has 0 bridgehead atoms. The van der Waals surface area contributed by atoms with E-state index in [1.807, 2.05) is 25.1 Å². The Hall–Kier alpha value is -3.78. The summed E-state index contributed by atoms with van der Waals surface area (Å²) < 4.78 is 6.11. The predicted molar refractivity (Wildman–Crippen MR) is 126 cm³/mol. The third-order valence-electron chi connectivity index (χ3n) is 4.36. The Kier molecular flexibility index (Phi) is 7.88. The first kappa shape index (κ1) is 22.9. The number of amides is 2. The highest BCUT2D eigenvalue weighted by molar-refractivity contribution is 9.10. The molecule has 0 aliphatic carbocycles. The zero-order valence-electron chi connectivity index (χ0n) is 17.2. The molecule has 0 aliphatic rings. The van der Waals surface area contributed by atoms with Crippen molar-refractivity contribution in [1.29, 1.82) is 0 Å². The van der Waals surface area contributed by atoms with Crippen molar-refractivity contribution in [2.45, 2.75) is 13.3 Å². The van der Waals surface area contributed by atoms with E-state index in [1.165, 1.54) is 6.21 Å². The van der Waals surface area contributed by atoms with Gasteiger partial charge in [-0.1, -0.05) is 41.1 Å². The molecule has 0 aromatic heterocycles. The monoisotopic (exact) mass is 493 g/mol. The van der Waals surface area contributed by atoms with Gasteiger partial charge in [-0.2, -0.15) is 5.10 Å². The Morgan fingerprint density at radius 2 is 1.69 bits per heavy atom. The molecular weight excluding hydrogens is 474 g/mol. The summed E-state index contributed by atoms with van der Waals surface area (Å²) in [5, 5.41) is 6.29. The maximum absolute atomic E-state index is 12.2. The first-order valence-corrected chi connectivity index (χ1v) is 10.5. The number of ether oxygens (including phenoxy) is 1. The molecule has 3 rings (SSSR count). The van der Waals surface area contributed by atoms with Crippen molar-refractivity contribution in [3.8, 4) is 5.75 Å². The van der Waals surface area contributed by atoms with E-state index in [-0.39, 0.29) is 0 Å². The SMILES string of the molecule is CCc1ccc(NC(=O)C(=O)N/N=C/c2ccc(OC(=O)c3cccc(Br)c3)cc2)cc1. The second-order valence-corrected chi connectivity index (χ2v) is 7.59. The molecule has 0 saturated heterocycles. The van der Waals surface area contributed by atoms with Gasteiger partial charge in [0.1, 0.15) is 5.75 Å². The molecule has 3 aromatic rings. The number of halogens is 1. The molecule has 2 N–H and O–H groups in total. The van der Waals surface area contributed by atoms with Gasteiger partial charge >= 0.3 is 17.8 Å². The second kappa shape index (κ2) is 11.0. The number of esters is 1. The molecule has 0 unspecified atom stereocenters. The Morgan fingerprint density at radius 3 is 2.34 bits per heavy atom. The molecule has 2 amide bonds. The highest BCUT2D eigenvalue weighted by Gasteiger charge is 2.13. The van der Waals surface area contributed by atoms with Gasteiger partial charge in [0.05, 0.1) is 11.8 Å². The number of nitrogens with zero attached hydrogens (tertiary/aromatic N) is 1. The van der Waals surface area contributed by atoms with Gasteiger partial charge in [0.25, 0.3) is 0 Å². The van der Waals surface area contributed by atoms with E-state index in [9.17, 15) is 14.4 Å². The van der Waals surface area contributed by atoms with Crippen LogP contribution in [0.25, 0.3) is 0 Å². The normalized spacial score (nSPS) is 10.6. The molecule has 162 valence electrons. The number of nitrogens with one attached hydrogen (secondary N) is 2. The Labute approximate surface area is 193 Å². The number of aryl methyl sites for hydroxylation is 1. The average molecular weight is 494 g/mol. The number of carbonyl (C=O) groups excluding carboxylic acids is 3. The van der Waals surface area contributed by atoms with Gasteiger partial charge in [-0.15, -0.1) is 0 Å². The molecule has 0 atom stereocenters. The van der Waals surface area contributed by atoms with Crippen LogP contribution in [0.5, 0.6) is 5.75 Å².